The molecule has 1 aliphatic rings. The highest BCUT2D eigenvalue weighted by molar-refractivity contribution is 7.15. The van der Waals surface area contributed by atoms with Gasteiger partial charge in [-0.05, 0) is 55.4 Å². The van der Waals surface area contributed by atoms with Crippen molar-refractivity contribution >= 4 is 23.0 Å². The fraction of sp³-hybridized carbons (Fsp3) is 0.409. The molecular formula is C22H26N4O2S. The zero-order valence-corrected chi connectivity index (χ0v) is 17.8. The van der Waals surface area contributed by atoms with Crippen molar-refractivity contribution in [2.24, 2.45) is 5.92 Å². The number of aryl methyl sites for hydroxylation is 1. The monoisotopic (exact) mass is 410 g/mol. The summed E-state index contributed by atoms with van der Waals surface area (Å²) in [5.41, 5.74) is 2.28. The molecule has 3 aromatic rings. The van der Waals surface area contributed by atoms with Gasteiger partial charge in [-0.25, -0.2) is 9.97 Å². The Morgan fingerprint density at radius 3 is 2.93 bits per heavy atom. The van der Waals surface area contributed by atoms with Crippen LogP contribution in [0, 0.1) is 12.8 Å². The summed E-state index contributed by atoms with van der Waals surface area (Å²) < 4.78 is 5.17. The molecule has 0 saturated heterocycles. The number of thiazole rings is 1. The van der Waals surface area contributed by atoms with E-state index >= 15 is 0 Å². The molecule has 0 amide bonds. The van der Waals surface area contributed by atoms with E-state index in [0.717, 1.165) is 46.0 Å². The lowest BCUT2D eigenvalue weighted by molar-refractivity contribution is -0.0180. The molecule has 29 heavy (non-hydrogen) atoms. The van der Waals surface area contributed by atoms with Gasteiger partial charge in [-0.15, -0.1) is 11.3 Å². The van der Waals surface area contributed by atoms with Crippen LogP contribution in [0.4, 0.5) is 11.6 Å². The number of ether oxygens (including phenoxy) is 1. The van der Waals surface area contributed by atoms with Gasteiger partial charge in [0.2, 0.25) is 11.8 Å². The molecule has 0 radical (unpaired) electrons. The maximum atomic E-state index is 11.1. The van der Waals surface area contributed by atoms with Gasteiger partial charge in [-0.2, -0.15) is 4.98 Å². The third-order valence-electron chi connectivity index (χ3n) is 5.33. The fourth-order valence-electron chi connectivity index (χ4n) is 3.98. The highest BCUT2D eigenvalue weighted by atomic mass is 32.1. The number of hydrogen-bond acceptors (Lipinski definition) is 7. The minimum atomic E-state index is -0.792. The van der Waals surface area contributed by atoms with Crippen LogP contribution in [0.2, 0.25) is 0 Å². The molecule has 0 bridgehead atoms. The topological polar surface area (TPSA) is 80.2 Å². The first-order valence-corrected chi connectivity index (χ1v) is 10.7. The van der Waals surface area contributed by atoms with E-state index in [1.807, 2.05) is 12.3 Å². The molecule has 4 rings (SSSR count). The average Bonchev–Trinajstić information content (AvgIpc) is 3.19. The van der Waals surface area contributed by atoms with Gasteiger partial charge in [0, 0.05) is 24.1 Å². The summed E-state index contributed by atoms with van der Waals surface area (Å²) in [6.07, 6.45) is 7.33. The molecule has 1 aliphatic carbocycles. The Morgan fingerprint density at radius 1 is 1.28 bits per heavy atom. The highest BCUT2D eigenvalue weighted by Gasteiger charge is 2.37. The van der Waals surface area contributed by atoms with E-state index in [2.05, 4.69) is 46.2 Å². The zero-order chi connectivity index (χ0) is 20.4. The lowest BCUT2D eigenvalue weighted by atomic mass is 9.79. The summed E-state index contributed by atoms with van der Waals surface area (Å²) >= 11 is 1.58. The zero-order valence-electron chi connectivity index (χ0n) is 17.0. The van der Waals surface area contributed by atoms with Crippen molar-refractivity contribution in [2.45, 2.75) is 45.1 Å². The number of aromatic nitrogens is 3. The number of benzene rings is 1. The van der Waals surface area contributed by atoms with Gasteiger partial charge in [0.25, 0.3) is 0 Å². The number of aliphatic hydroxyl groups is 1. The van der Waals surface area contributed by atoms with Crippen LogP contribution in [0.5, 0.6) is 5.88 Å². The largest absolute Gasteiger partial charge is 0.481 e. The third-order valence-corrected chi connectivity index (χ3v) is 6.57. The SMILES string of the molecule is COc1ccnc(Nc2cc(C)cc(-c3cnc(C4(O)CCCC(C)C4)s3)c2)n1. The summed E-state index contributed by atoms with van der Waals surface area (Å²) in [5.74, 6) is 1.52. The number of rotatable bonds is 5. The van der Waals surface area contributed by atoms with Crippen LogP contribution in [0.15, 0.2) is 36.7 Å². The second-order valence-electron chi connectivity index (χ2n) is 7.90. The first-order valence-electron chi connectivity index (χ1n) is 9.90. The quantitative estimate of drug-likeness (QED) is 0.612. The maximum Gasteiger partial charge on any atom is 0.230 e. The van der Waals surface area contributed by atoms with E-state index in [1.165, 1.54) is 6.42 Å². The molecule has 152 valence electrons. The molecule has 1 aromatic carbocycles. The Morgan fingerprint density at radius 2 is 2.14 bits per heavy atom. The molecule has 7 heteroatoms. The summed E-state index contributed by atoms with van der Waals surface area (Å²) in [6.45, 7) is 4.26. The van der Waals surface area contributed by atoms with E-state index in [4.69, 9.17) is 4.74 Å². The molecule has 2 aromatic heterocycles. The molecule has 2 N–H and O–H groups in total. The lowest BCUT2D eigenvalue weighted by Gasteiger charge is -2.33. The van der Waals surface area contributed by atoms with Crippen LogP contribution in [-0.4, -0.2) is 27.2 Å². The Kier molecular flexibility index (Phi) is 5.52. The van der Waals surface area contributed by atoms with Gasteiger partial charge < -0.3 is 15.2 Å². The highest BCUT2D eigenvalue weighted by Crippen LogP contribution is 2.43. The molecule has 6 nitrogen and oxygen atoms in total. The number of hydrogen-bond donors (Lipinski definition) is 2. The van der Waals surface area contributed by atoms with Gasteiger partial charge in [-0.3, -0.25) is 0 Å². The van der Waals surface area contributed by atoms with Crippen LogP contribution in [0.25, 0.3) is 10.4 Å². The first-order chi connectivity index (χ1) is 13.9. The van der Waals surface area contributed by atoms with Crippen LogP contribution >= 0.6 is 11.3 Å². The number of anilines is 2. The number of methoxy groups -OCH3 is 1. The Balaban J connectivity index is 1.60. The van der Waals surface area contributed by atoms with Crippen molar-refractivity contribution < 1.29 is 9.84 Å². The summed E-state index contributed by atoms with van der Waals surface area (Å²) in [6, 6.07) is 7.94. The summed E-state index contributed by atoms with van der Waals surface area (Å²) in [5, 5.41) is 15.2. The van der Waals surface area contributed by atoms with E-state index in [0.29, 0.717) is 17.7 Å². The first kappa shape index (κ1) is 19.8. The standard InChI is InChI=1S/C22H26N4O2S/c1-14-5-4-7-22(27,12-14)20-24-13-18(29-20)16-9-15(2)10-17(11-16)25-21-23-8-6-19(26-21)28-3/h6,8-11,13-14,27H,4-5,7,12H2,1-3H3,(H,23,25,26). The smallest absolute Gasteiger partial charge is 0.230 e. The van der Waals surface area contributed by atoms with Crippen molar-refractivity contribution in [3.05, 3.63) is 47.2 Å². The van der Waals surface area contributed by atoms with Crippen molar-refractivity contribution in [3.8, 4) is 16.3 Å². The van der Waals surface area contributed by atoms with Gasteiger partial charge in [0.05, 0.1) is 12.0 Å². The Hall–Kier alpha value is -2.51. The maximum absolute atomic E-state index is 11.1. The Bertz CT molecular complexity index is 1010. The lowest BCUT2D eigenvalue weighted by Crippen LogP contribution is -2.31. The normalized spacial score (nSPS) is 21.7. The van der Waals surface area contributed by atoms with Crippen LogP contribution in [0.1, 0.15) is 43.2 Å². The second-order valence-corrected chi connectivity index (χ2v) is 8.93. The van der Waals surface area contributed by atoms with Crippen molar-refractivity contribution in [1.29, 1.82) is 0 Å². The summed E-state index contributed by atoms with van der Waals surface area (Å²) in [4.78, 5) is 14.2. The van der Waals surface area contributed by atoms with Gasteiger partial charge in [0.1, 0.15) is 10.6 Å². The van der Waals surface area contributed by atoms with Gasteiger partial charge in [-0.1, -0.05) is 19.4 Å². The second kappa shape index (κ2) is 8.08. The van der Waals surface area contributed by atoms with Crippen molar-refractivity contribution in [2.75, 3.05) is 12.4 Å². The third kappa shape index (κ3) is 4.41. The molecule has 0 aliphatic heterocycles. The van der Waals surface area contributed by atoms with Crippen LogP contribution in [-0.2, 0) is 5.60 Å². The van der Waals surface area contributed by atoms with E-state index in [1.54, 1.807) is 30.7 Å². The molecule has 2 heterocycles. The molecule has 2 atom stereocenters. The van der Waals surface area contributed by atoms with Gasteiger partial charge >= 0.3 is 0 Å². The molecule has 2 unspecified atom stereocenters. The number of nitrogens with one attached hydrogen (secondary N) is 1. The van der Waals surface area contributed by atoms with Crippen molar-refractivity contribution in [1.82, 2.24) is 15.0 Å². The number of nitrogens with zero attached hydrogens (tertiary/aromatic N) is 3. The van der Waals surface area contributed by atoms with E-state index in [-0.39, 0.29) is 0 Å². The van der Waals surface area contributed by atoms with E-state index in [9.17, 15) is 5.11 Å². The predicted molar refractivity (Wildman–Crippen MR) is 116 cm³/mol. The Labute approximate surface area is 175 Å². The minimum absolute atomic E-state index is 0.483. The van der Waals surface area contributed by atoms with Crippen LogP contribution < -0.4 is 10.1 Å². The van der Waals surface area contributed by atoms with Crippen LogP contribution in [0.3, 0.4) is 0 Å². The molecule has 1 saturated carbocycles. The molecule has 0 spiro atoms. The average molecular weight is 411 g/mol. The van der Waals surface area contributed by atoms with E-state index < -0.39 is 5.60 Å². The molecular weight excluding hydrogens is 384 g/mol. The minimum Gasteiger partial charge on any atom is -0.481 e. The summed E-state index contributed by atoms with van der Waals surface area (Å²) in [7, 11) is 1.58. The molecule has 1 fully saturated rings. The fourth-order valence-corrected chi connectivity index (χ4v) is 5.01. The van der Waals surface area contributed by atoms with Gasteiger partial charge in [0.15, 0.2) is 0 Å². The van der Waals surface area contributed by atoms with Crippen molar-refractivity contribution in [3.63, 3.8) is 0 Å². The predicted octanol–water partition coefficient (Wildman–Crippen LogP) is 5.06.